The smallest absolute Gasteiger partial charge is 0.319 e. The van der Waals surface area contributed by atoms with Gasteiger partial charge in [-0.25, -0.2) is 4.79 Å². The first-order valence-corrected chi connectivity index (χ1v) is 8.58. The van der Waals surface area contributed by atoms with Crippen LogP contribution < -0.4 is 20.3 Å². The van der Waals surface area contributed by atoms with E-state index in [-0.39, 0.29) is 6.03 Å². The number of hydrogen-bond donors (Lipinski definition) is 2. The lowest BCUT2D eigenvalue weighted by atomic mass is 9.96. The van der Waals surface area contributed by atoms with Crippen molar-refractivity contribution in [2.45, 2.75) is 12.8 Å². The normalized spacial score (nSPS) is 14.8. The second-order valence-corrected chi connectivity index (χ2v) is 6.21. The number of piperidine rings is 1. The summed E-state index contributed by atoms with van der Waals surface area (Å²) >= 11 is 0. The van der Waals surface area contributed by atoms with Gasteiger partial charge in [0.05, 0.1) is 19.0 Å². The number of benzene rings is 1. The van der Waals surface area contributed by atoms with Gasteiger partial charge in [0, 0.05) is 37.6 Å². The molecular weight excluding hydrogens is 316 g/mol. The van der Waals surface area contributed by atoms with Crippen LogP contribution in [-0.4, -0.2) is 37.8 Å². The molecule has 6 nitrogen and oxygen atoms in total. The first-order valence-electron chi connectivity index (χ1n) is 8.58. The fraction of sp³-hybridized carbons (Fsp3) is 0.368. The van der Waals surface area contributed by atoms with Crippen molar-refractivity contribution >= 4 is 17.4 Å². The molecule has 0 atom stereocenters. The second-order valence-electron chi connectivity index (χ2n) is 6.21. The molecule has 2 aromatic rings. The minimum absolute atomic E-state index is 0.178. The molecule has 25 heavy (non-hydrogen) atoms. The second kappa shape index (κ2) is 8.37. The van der Waals surface area contributed by atoms with Crippen molar-refractivity contribution in [1.82, 2.24) is 10.3 Å². The fourth-order valence-electron chi connectivity index (χ4n) is 3.05. The SMILES string of the molecule is COc1cccc(NC(=O)NCC2CCN(c3cccnc3)CC2)c1. The molecule has 0 bridgehead atoms. The highest BCUT2D eigenvalue weighted by atomic mass is 16.5. The van der Waals surface area contributed by atoms with Gasteiger partial charge in [0.15, 0.2) is 0 Å². The zero-order valence-corrected chi connectivity index (χ0v) is 14.4. The van der Waals surface area contributed by atoms with E-state index in [9.17, 15) is 4.79 Å². The van der Waals surface area contributed by atoms with Crippen molar-refractivity contribution < 1.29 is 9.53 Å². The van der Waals surface area contributed by atoms with E-state index in [0.717, 1.165) is 37.4 Å². The van der Waals surface area contributed by atoms with Crippen LogP contribution in [0, 0.1) is 5.92 Å². The van der Waals surface area contributed by atoms with Crippen molar-refractivity contribution in [2.75, 3.05) is 37.0 Å². The standard InChI is InChI=1S/C19H24N4O2/c1-25-18-6-2-4-16(12-18)22-19(24)21-13-15-7-10-23(11-8-15)17-5-3-9-20-14-17/h2-6,9,12,14-15H,7-8,10-11,13H2,1H3,(H2,21,22,24). The largest absolute Gasteiger partial charge is 0.497 e. The first kappa shape index (κ1) is 17.1. The Kier molecular flexibility index (Phi) is 5.72. The number of amides is 2. The van der Waals surface area contributed by atoms with Crippen LogP contribution in [0.25, 0.3) is 0 Å². The molecule has 1 aliphatic heterocycles. The van der Waals surface area contributed by atoms with Crippen molar-refractivity contribution in [1.29, 1.82) is 0 Å². The molecule has 1 saturated heterocycles. The summed E-state index contributed by atoms with van der Waals surface area (Å²) in [4.78, 5) is 18.6. The number of urea groups is 1. The van der Waals surface area contributed by atoms with Crippen LogP contribution in [0.2, 0.25) is 0 Å². The molecule has 1 aromatic carbocycles. The number of nitrogens with zero attached hydrogens (tertiary/aromatic N) is 2. The van der Waals surface area contributed by atoms with Crippen molar-refractivity contribution in [3.05, 3.63) is 48.8 Å². The summed E-state index contributed by atoms with van der Waals surface area (Å²) in [6, 6.07) is 11.2. The number of rotatable bonds is 5. The van der Waals surface area contributed by atoms with Crippen LogP contribution in [0.5, 0.6) is 5.75 Å². The maximum absolute atomic E-state index is 12.1. The summed E-state index contributed by atoms with van der Waals surface area (Å²) in [6.07, 6.45) is 5.82. The van der Waals surface area contributed by atoms with E-state index < -0.39 is 0 Å². The Balaban J connectivity index is 1.41. The molecule has 2 amide bonds. The van der Waals surface area contributed by atoms with Crippen molar-refractivity contribution in [2.24, 2.45) is 5.92 Å². The monoisotopic (exact) mass is 340 g/mol. The lowest BCUT2D eigenvalue weighted by Crippen LogP contribution is -2.39. The molecular formula is C19H24N4O2. The van der Waals surface area contributed by atoms with Gasteiger partial charge in [-0.05, 0) is 43.0 Å². The number of anilines is 2. The zero-order chi connectivity index (χ0) is 17.5. The van der Waals surface area contributed by atoms with Gasteiger partial charge in [0.1, 0.15) is 5.75 Å². The van der Waals surface area contributed by atoms with E-state index in [0.29, 0.717) is 12.5 Å². The van der Waals surface area contributed by atoms with E-state index >= 15 is 0 Å². The van der Waals surface area contributed by atoms with Crippen LogP contribution in [-0.2, 0) is 0 Å². The highest BCUT2D eigenvalue weighted by Crippen LogP contribution is 2.22. The molecule has 0 spiro atoms. The summed E-state index contributed by atoms with van der Waals surface area (Å²) in [5.74, 6) is 1.23. The quantitative estimate of drug-likeness (QED) is 0.878. The Bertz CT molecular complexity index is 685. The van der Waals surface area contributed by atoms with Gasteiger partial charge in [-0.2, -0.15) is 0 Å². The average molecular weight is 340 g/mol. The lowest BCUT2D eigenvalue weighted by molar-refractivity contribution is 0.248. The minimum atomic E-state index is -0.178. The molecule has 2 heterocycles. The summed E-state index contributed by atoms with van der Waals surface area (Å²) in [5.41, 5.74) is 1.90. The number of carbonyl (C=O) groups is 1. The first-order chi connectivity index (χ1) is 12.2. The number of methoxy groups -OCH3 is 1. The molecule has 0 unspecified atom stereocenters. The van der Waals surface area contributed by atoms with Gasteiger partial charge >= 0.3 is 6.03 Å². The van der Waals surface area contributed by atoms with Crippen LogP contribution in [0.15, 0.2) is 48.8 Å². The van der Waals surface area contributed by atoms with Gasteiger partial charge in [0.25, 0.3) is 0 Å². The van der Waals surface area contributed by atoms with E-state index in [1.165, 1.54) is 5.69 Å². The van der Waals surface area contributed by atoms with Crippen molar-refractivity contribution in [3.63, 3.8) is 0 Å². The van der Waals surface area contributed by atoms with E-state index in [1.54, 1.807) is 19.4 Å². The molecule has 3 rings (SSSR count). The molecule has 0 radical (unpaired) electrons. The third-order valence-electron chi connectivity index (χ3n) is 4.50. The zero-order valence-electron chi connectivity index (χ0n) is 14.4. The predicted molar refractivity (Wildman–Crippen MR) is 99.2 cm³/mol. The molecule has 0 aliphatic carbocycles. The number of aromatic nitrogens is 1. The molecule has 132 valence electrons. The van der Waals surface area contributed by atoms with Gasteiger partial charge in [0.2, 0.25) is 0 Å². The molecule has 1 fully saturated rings. The lowest BCUT2D eigenvalue weighted by Gasteiger charge is -2.33. The maximum Gasteiger partial charge on any atom is 0.319 e. The minimum Gasteiger partial charge on any atom is -0.497 e. The van der Waals surface area contributed by atoms with Gasteiger partial charge in [-0.15, -0.1) is 0 Å². The van der Waals surface area contributed by atoms with Gasteiger partial charge in [-0.1, -0.05) is 6.07 Å². The highest BCUT2D eigenvalue weighted by Gasteiger charge is 2.20. The Labute approximate surface area is 148 Å². The van der Waals surface area contributed by atoms with E-state index in [2.05, 4.69) is 26.6 Å². The number of hydrogen-bond acceptors (Lipinski definition) is 4. The summed E-state index contributed by atoms with van der Waals surface area (Å²) < 4.78 is 5.16. The number of nitrogens with one attached hydrogen (secondary N) is 2. The Morgan fingerprint density at radius 1 is 1.28 bits per heavy atom. The molecule has 1 aliphatic rings. The predicted octanol–water partition coefficient (Wildman–Crippen LogP) is 3.13. The molecule has 6 heteroatoms. The number of pyridine rings is 1. The fourth-order valence-corrected chi connectivity index (χ4v) is 3.05. The summed E-state index contributed by atoms with van der Waals surface area (Å²) in [7, 11) is 1.61. The van der Waals surface area contributed by atoms with E-state index in [1.807, 2.05) is 30.5 Å². The average Bonchev–Trinajstić information content (AvgIpc) is 2.67. The Morgan fingerprint density at radius 2 is 2.12 bits per heavy atom. The van der Waals surface area contributed by atoms with Crippen LogP contribution in [0.3, 0.4) is 0 Å². The highest BCUT2D eigenvalue weighted by molar-refractivity contribution is 5.89. The van der Waals surface area contributed by atoms with Crippen molar-refractivity contribution in [3.8, 4) is 5.75 Å². The third-order valence-corrected chi connectivity index (χ3v) is 4.50. The number of ether oxygens (including phenoxy) is 1. The van der Waals surface area contributed by atoms with Crippen LogP contribution >= 0.6 is 0 Å². The van der Waals surface area contributed by atoms with Gasteiger partial charge < -0.3 is 20.3 Å². The summed E-state index contributed by atoms with van der Waals surface area (Å²) in [6.45, 7) is 2.68. The van der Waals surface area contributed by atoms with Gasteiger partial charge in [-0.3, -0.25) is 4.98 Å². The third kappa shape index (κ3) is 4.86. The summed E-state index contributed by atoms with van der Waals surface area (Å²) in [5, 5.41) is 5.81. The molecule has 2 N–H and O–H groups in total. The Morgan fingerprint density at radius 3 is 2.84 bits per heavy atom. The maximum atomic E-state index is 12.1. The van der Waals surface area contributed by atoms with Crippen LogP contribution in [0.4, 0.5) is 16.2 Å². The molecule has 1 aromatic heterocycles. The number of carbonyl (C=O) groups excluding carboxylic acids is 1. The topological polar surface area (TPSA) is 66.5 Å². The Hall–Kier alpha value is -2.76. The van der Waals surface area contributed by atoms with Crippen LogP contribution in [0.1, 0.15) is 12.8 Å². The van der Waals surface area contributed by atoms with E-state index in [4.69, 9.17) is 4.74 Å². The molecule has 0 saturated carbocycles.